The first-order valence-electron chi connectivity index (χ1n) is 5.47. The zero-order valence-electron chi connectivity index (χ0n) is 11.3. The van der Waals surface area contributed by atoms with Gasteiger partial charge in [-0.15, -0.1) is 0 Å². The van der Waals surface area contributed by atoms with E-state index in [9.17, 15) is 14.4 Å². The Morgan fingerprint density at radius 2 is 1.95 bits per heavy atom. The van der Waals surface area contributed by atoms with E-state index in [0.29, 0.717) is 6.21 Å². The molecule has 8 nitrogen and oxygen atoms in total. The highest BCUT2D eigenvalue weighted by atomic mass is 16.6. The molecule has 0 rings (SSSR count). The van der Waals surface area contributed by atoms with Crippen molar-refractivity contribution >= 4 is 24.1 Å². The molecule has 0 heterocycles. The van der Waals surface area contributed by atoms with E-state index in [1.54, 1.807) is 20.8 Å². The third-order valence-corrected chi connectivity index (χ3v) is 1.82. The fourth-order valence-electron chi connectivity index (χ4n) is 1.07. The molecule has 0 aromatic carbocycles. The zero-order chi connectivity index (χ0) is 15.1. The molecule has 1 atom stereocenters. The van der Waals surface area contributed by atoms with E-state index in [2.05, 4.69) is 14.8 Å². The normalized spacial score (nSPS) is 11.8. The Balaban J connectivity index is 4.76. The van der Waals surface area contributed by atoms with Gasteiger partial charge in [-0.3, -0.25) is 9.59 Å². The molecule has 0 aliphatic carbocycles. The second-order valence-electron chi connectivity index (χ2n) is 4.63. The average Bonchev–Trinajstić information content (AvgIpc) is 2.25. The van der Waals surface area contributed by atoms with Gasteiger partial charge in [0.2, 0.25) is 0 Å². The predicted molar refractivity (Wildman–Crippen MR) is 64.5 cm³/mol. The monoisotopic (exact) mass is 271 g/mol. The van der Waals surface area contributed by atoms with Crippen molar-refractivity contribution in [2.75, 3.05) is 7.11 Å². The quantitative estimate of drug-likeness (QED) is 0.334. The second kappa shape index (κ2) is 7.27. The summed E-state index contributed by atoms with van der Waals surface area (Å²) in [6, 6.07) is -1.21. The van der Waals surface area contributed by atoms with E-state index in [-0.39, 0.29) is 6.42 Å². The molecule has 0 aliphatic rings. The highest BCUT2D eigenvalue weighted by molar-refractivity contribution is 6.28. The molecule has 0 bridgehead atoms. The van der Waals surface area contributed by atoms with E-state index >= 15 is 0 Å². The van der Waals surface area contributed by atoms with Crippen molar-refractivity contribution in [3.05, 3.63) is 5.53 Å². The summed E-state index contributed by atoms with van der Waals surface area (Å²) in [6.45, 7) is 4.96. The van der Waals surface area contributed by atoms with Crippen LogP contribution < -0.4 is 5.32 Å². The van der Waals surface area contributed by atoms with Crippen molar-refractivity contribution in [3.8, 4) is 0 Å². The third-order valence-electron chi connectivity index (χ3n) is 1.82. The highest BCUT2D eigenvalue weighted by Gasteiger charge is 2.27. The molecule has 0 saturated heterocycles. The summed E-state index contributed by atoms with van der Waals surface area (Å²) >= 11 is 0. The Bertz CT molecular complexity index is 407. The first-order chi connectivity index (χ1) is 8.69. The minimum atomic E-state index is -1.21. The molecule has 106 valence electrons. The lowest BCUT2D eigenvalue weighted by Gasteiger charge is -2.21. The van der Waals surface area contributed by atoms with Crippen LogP contribution in [-0.2, 0) is 19.1 Å². The molecule has 1 N–H and O–H groups in total. The lowest BCUT2D eigenvalue weighted by molar-refractivity contribution is -0.142. The first kappa shape index (κ1) is 16.8. The number of nitrogens with zero attached hydrogens (tertiary/aromatic N) is 2. The van der Waals surface area contributed by atoms with Gasteiger partial charge in [0.25, 0.3) is 5.78 Å². The second-order valence-corrected chi connectivity index (χ2v) is 4.63. The average molecular weight is 271 g/mol. The highest BCUT2D eigenvalue weighted by Crippen LogP contribution is 2.07. The molecule has 0 spiro atoms. The maximum absolute atomic E-state index is 11.5. The van der Waals surface area contributed by atoms with Gasteiger partial charge in [0.05, 0.1) is 13.5 Å². The van der Waals surface area contributed by atoms with Crippen LogP contribution in [0.3, 0.4) is 0 Å². The smallest absolute Gasteiger partial charge is 0.408 e. The maximum atomic E-state index is 11.5. The third kappa shape index (κ3) is 7.67. The number of nitrogens with one attached hydrogen (secondary N) is 1. The number of methoxy groups -OCH3 is 1. The Hall–Kier alpha value is -2.21. The SMILES string of the molecule is COC(=O)C[C@H](NC(=O)OC(C)(C)C)C(=O)C=[N+]=[N-]. The molecule has 19 heavy (non-hydrogen) atoms. The molecule has 0 fully saturated rings. The van der Waals surface area contributed by atoms with Gasteiger partial charge in [-0.2, -0.15) is 4.79 Å². The molecule has 0 radical (unpaired) electrons. The van der Waals surface area contributed by atoms with Crippen molar-refractivity contribution in [1.82, 2.24) is 5.32 Å². The number of ketones is 1. The maximum Gasteiger partial charge on any atom is 0.408 e. The minimum Gasteiger partial charge on any atom is -0.469 e. The van der Waals surface area contributed by atoms with Gasteiger partial charge in [-0.1, -0.05) is 0 Å². The van der Waals surface area contributed by atoms with Crippen LogP contribution in [0.5, 0.6) is 0 Å². The zero-order valence-corrected chi connectivity index (χ0v) is 11.3. The fraction of sp³-hybridized carbons (Fsp3) is 0.636. The van der Waals surface area contributed by atoms with Crippen molar-refractivity contribution < 1.29 is 28.6 Å². The molecule has 1 amide bonds. The van der Waals surface area contributed by atoms with Crippen LogP contribution >= 0.6 is 0 Å². The number of rotatable bonds is 5. The van der Waals surface area contributed by atoms with Crippen LogP contribution in [0.4, 0.5) is 4.79 Å². The Labute approximate surface area is 110 Å². The van der Waals surface area contributed by atoms with Crippen LogP contribution in [0.2, 0.25) is 0 Å². The summed E-state index contributed by atoms with van der Waals surface area (Å²) in [5.41, 5.74) is 7.54. The molecular weight excluding hydrogens is 254 g/mol. The number of hydrogen-bond donors (Lipinski definition) is 1. The lowest BCUT2D eigenvalue weighted by atomic mass is 10.1. The number of carbonyl (C=O) groups is 3. The summed E-state index contributed by atoms with van der Waals surface area (Å²) in [4.78, 5) is 36.7. The fourth-order valence-corrected chi connectivity index (χ4v) is 1.07. The molecule has 0 aromatic rings. The Morgan fingerprint density at radius 1 is 1.37 bits per heavy atom. The minimum absolute atomic E-state index is 0.388. The molecule has 0 unspecified atom stereocenters. The van der Waals surface area contributed by atoms with Crippen LogP contribution in [-0.4, -0.2) is 47.6 Å². The van der Waals surface area contributed by atoms with E-state index in [1.807, 2.05) is 0 Å². The predicted octanol–water partition coefficient (Wildman–Crippen LogP) is 0.312. The van der Waals surface area contributed by atoms with Crippen molar-refractivity contribution in [2.45, 2.75) is 38.8 Å². The van der Waals surface area contributed by atoms with Gasteiger partial charge in [0.1, 0.15) is 11.6 Å². The standard InChI is InChI=1S/C11H17N3O5/c1-11(2,3)19-10(17)14-7(5-9(16)18-4)8(15)6-13-12/h6-7H,5H2,1-4H3,(H,14,17)/t7-/m0/s1. The molecule has 8 heteroatoms. The van der Waals surface area contributed by atoms with Gasteiger partial charge in [-0.05, 0) is 20.8 Å². The number of amides is 1. The number of alkyl carbamates (subject to hydrolysis) is 1. The van der Waals surface area contributed by atoms with Gasteiger partial charge >= 0.3 is 18.3 Å². The molecule has 0 aromatic heterocycles. The number of hydrogen-bond acceptors (Lipinski definition) is 5. The summed E-state index contributed by atoms with van der Waals surface area (Å²) in [5.74, 6) is -1.44. The van der Waals surface area contributed by atoms with Gasteiger partial charge in [-0.25, -0.2) is 4.79 Å². The topological polar surface area (TPSA) is 118 Å². The van der Waals surface area contributed by atoms with E-state index in [4.69, 9.17) is 10.3 Å². The molecule has 0 saturated carbocycles. The Kier molecular flexibility index (Phi) is 6.43. The number of ether oxygens (including phenoxy) is 2. The van der Waals surface area contributed by atoms with Crippen LogP contribution in [0.15, 0.2) is 0 Å². The van der Waals surface area contributed by atoms with Crippen LogP contribution in [0, 0.1) is 0 Å². The van der Waals surface area contributed by atoms with E-state index in [0.717, 1.165) is 7.11 Å². The summed E-state index contributed by atoms with van der Waals surface area (Å²) in [5, 5.41) is 2.21. The van der Waals surface area contributed by atoms with E-state index < -0.39 is 29.5 Å². The summed E-state index contributed by atoms with van der Waals surface area (Å²) < 4.78 is 9.35. The number of carbonyl (C=O) groups excluding carboxylic acids is 3. The number of Topliss-reactive ketones (excluding diaryl/α,β-unsaturated/α-hetero) is 1. The lowest BCUT2D eigenvalue weighted by Crippen LogP contribution is -2.45. The largest absolute Gasteiger partial charge is 0.469 e. The molecular formula is C11H17N3O5. The van der Waals surface area contributed by atoms with Crippen molar-refractivity contribution in [3.63, 3.8) is 0 Å². The molecule has 0 aliphatic heterocycles. The van der Waals surface area contributed by atoms with Gasteiger partial charge < -0.3 is 20.3 Å². The van der Waals surface area contributed by atoms with Gasteiger partial charge in [0.15, 0.2) is 0 Å². The van der Waals surface area contributed by atoms with Crippen molar-refractivity contribution in [1.29, 1.82) is 0 Å². The summed E-state index contributed by atoms with van der Waals surface area (Å²) in [6.07, 6.45) is -0.660. The number of esters is 1. The summed E-state index contributed by atoms with van der Waals surface area (Å²) in [7, 11) is 1.15. The van der Waals surface area contributed by atoms with E-state index in [1.165, 1.54) is 0 Å². The Morgan fingerprint density at radius 3 is 2.37 bits per heavy atom. The van der Waals surface area contributed by atoms with Crippen molar-refractivity contribution in [2.24, 2.45) is 0 Å². The first-order valence-corrected chi connectivity index (χ1v) is 5.47. The van der Waals surface area contributed by atoms with Crippen LogP contribution in [0.25, 0.3) is 5.53 Å². The van der Waals surface area contributed by atoms with Gasteiger partial charge in [0, 0.05) is 0 Å². The van der Waals surface area contributed by atoms with Crippen LogP contribution in [0.1, 0.15) is 27.2 Å².